The van der Waals surface area contributed by atoms with Crippen molar-refractivity contribution in [2.24, 2.45) is 5.73 Å². The van der Waals surface area contributed by atoms with Crippen LogP contribution in [0.5, 0.6) is 0 Å². The second-order valence-corrected chi connectivity index (χ2v) is 2.88. The summed E-state index contributed by atoms with van der Waals surface area (Å²) in [6.07, 6.45) is -0.645. The third kappa shape index (κ3) is 12.1. The standard InChI is InChI=1S/C3H7NO2S.C3H8O2S/c4-2(1-7)3(5)6;4-1-3(5)2-6/h2,7H,1,4H2,(H,5,6);3-6H,1-2H2/t2-;/m0./s1. The second-order valence-electron chi connectivity index (χ2n) is 2.15. The SMILES string of the molecule is N[C@@H](CS)C(=O)O.OCC(O)CS. The van der Waals surface area contributed by atoms with Gasteiger partial charge in [0.05, 0.1) is 12.7 Å². The van der Waals surface area contributed by atoms with Crippen LogP contribution in [0.3, 0.4) is 0 Å². The lowest BCUT2D eigenvalue weighted by Gasteiger charge is -1.96. The Morgan fingerprint density at radius 2 is 1.85 bits per heavy atom. The van der Waals surface area contributed by atoms with E-state index in [0.29, 0.717) is 5.75 Å². The molecule has 0 rings (SSSR count). The van der Waals surface area contributed by atoms with Gasteiger partial charge in [-0.25, -0.2) is 0 Å². The van der Waals surface area contributed by atoms with Crippen molar-refractivity contribution in [3.05, 3.63) is 0 Å². The molecule has 0 fully saturated rings. The van der Waals surface area contributed by atoms with Gasteiger partial charge in [-0.05, 0) is 0 Å². The van der Waals surface area contributed by atoms with Gasteiger partial charge in [0.1, 0.15) is 6.04 Å². The molecule has 0 saturated carbocycles. The number of carboxylic acid groups (broad SMARTS) is 1. The molecule has 0 spiro atoms. The average Bonchev–Trinajstić information content (AvgIpc) is 2.16. The maximum atomic E-state index is 9.76. The minimum atomic E-state index is -1.00. The molecule has 0 amide bonds. The summed E-state index contributed by atoms with van der Waals surface area (Å²) in [6, 6.07) is -0.816. The number of hydrogen-bond acceptors (Lipinski definition) is 6. The molecule has 0 aliphatic carbocycles. The van der Waals surface area contributed by atoms with Crippen LogP contribution in [0, 0.1) is 0 Å². The van der Waals surface area contributed by atoms with Crippen LogP contribution < -0.4 is 5.73 Å². The Morgan fingerprint density at radius 3 is 1.85 bits per heavy atom. The first-order valence-electron chi connectivity index (χ1n) is 3.48. The Hall–Kier alpha value is 0.0500. The van der Waals surface area contributed by atoms with Crippen molar-refractivity contribution < 1.29 is 20.1 Å². The van der Waals surface area contributed by atoms with Gasteiger partial charge in [-0.2, -0.15) is 25.3 Å². The first-order valence-corrected chi connectivity index (χ1v) is 4.75. The van der Waals surface area contributed by atoms with Crippen LogP contribution in [0.1, 0.15) is 0 Å². The number of rotatable bonds is 4. The number of carboxylic acids is 1. The van der Waals surface area contributed by atoms with Crippen molar-refractivity contribution in [1.82, 2.24) is 0 Å². The zero-order valence-electron chi connectivity index (χ0n) is 7.00. The Morgan fingerprint density at radius 1 is 1.38 bits per heavy atom. The average molecular weight is 229 g/mol. The number of aliphatic carboxylic acids is 1. The molecule has 0 aliphatic rings. The van der Waals surface area contributed by atoms with Gasteiger partial charge in [-0.15, -0.1) is 0 Å². The van der Waals surface area contributed by atoms with Crippen LogP contribution in [0.15, 0.2) is 0 Å². The highest BCUT2D eigenvalue weighted by Gasteiger charge is 2.06. The van der Waals surface area contributed by atoms with Gasteiger partial charge in [-0.1, -0.05) is 0 Å². The van der Waals surface area contributed by atoms with Gasteiger partial charge in [0.15, 0.2) is 0 Å². The molecule has 80 valence electrons. The summed E-state index contributed by atoms with van der Waals surface area (Å²) in [7, 11) is 0. The third-order valence-electron chi connectivity index (χ3n) is 0.935. The van der Waals surface area contributed by atoms with E-state index in [1.165, 1.54) is 0 Å². The molecule has 13 heavy (non-hydrogen) atoms. The minimum Gasteiger partial charge on any atom is -0.480 e. The van der Waals surface area contributed by atoms with E-state index in [-0.39, 0.29) is 12.4 Å². The maximum Gasteiger partial charge on any atom is 0.321 e. The van der Waals surface area contributed by atoms with Gasteiger partial charge in [0, 0.05) is 11.5 Å². The van der Waals surface area contributed by atoms with E-state index in [1.807, 2.05) is 0 Å². The molecule has 0 saturated heterocycles. The van der Waals surface area contributed by atoms with Crippen molar-refractivity contribution in [2.75, 3.05) is 18.1 Å². The molecule has 0 bridgehead atoms. The van der Waals surface area contributed by atoms with Crippen LogP contribution in [0.25, 0.3) is 0 Å². The molecule has 1 unspecified atom stereocenters. The number of aliphatic hydroxyl groups excluding tert-OH is 2. The zero-order valence-corrected chi connectivity index (χ0v) is 8.79. The van der Waals surface area contributed by atoms with Crippen molar-refractivity contribution in [2.45, 2.75) is 12.1 Å². The number of aliphatic hydroxyl groups is 2. The lowest BCUT2D eigenvalue weighted by molar-refractivity contribution is -0.137. The van der Waals surface area contributed by atoms with E-state index >= 15 is 0 Å². The molecule has 5 nitrogen and oxygen atoms in total. The largest absolute Gasteiger partial charge is 0.480 e. The van der Waals surface area contributed by atoms with E-state index in [1.54, 1.807) is 0 Å². The smallest absolute Gasteiger partial charge is 0.321 e. The fraction of sp³-hybridized carbons (Fsp3) is 0.833. The number of nitrogens with two attached hydrogens (primary N) is 1. The highest BCUT2D eigenvalue weighted by molar-refractivity contribution is 7.80. The van der Waals surface area contributed by atoms with E-state index < -0.39 is 18.1 Å². The highest BCUT2D eigenvalue weighted by atomic mass is 32.1. The quantitative estimate of drug-likeness (QED) is 0.333. The van der Waals surface area contributed by atoms with E-state index in [0.717, 1.165) is 0 Å². The van der Waals surface area contributed by atoms with E-state index in [2.05, 4.69) is 25.3 Å². The zero-order chi connectivity index (χ0) is 10.9. The topological polar surface area (TPSA) is 104 Å². The first kappa shape index (κ1) is 15.5. The van der Waals surface area contributed by atoms with Gasteiger partial charge < -0.3 is 21.1 Å². The summed E-state index contributed by atoms with van der Waals surface area (Å²) in [6.45, 7) is -0.191. The molecule has 0 aromatic rings. The van der Waals surface area contributed by atoms with Crippen molar-refractivity contribution >= 4 is 31.2 Å². The molecule has 0 aliphatic heterocycles. The Bertz CT molecular complexity index is 132. The Kier molecular flexibility index (Phi) is 12.1. The molecular formula is C6H15NO4S2. The first-order chi connectivity index (χ1) is 5.99. The van der Waals surface area contributed by atoms with Gasteiger partial charge in [0.2, 0.25) is 0 Å². The molecule has 0 heterocycles. The summed E-state index contributed by atoms with van der Waals surface area (Å²) >= 11 is 7.33. The highest BCUT2D eigenvalue weighted by Crippen LogP contribution is 1.81. The van der Waals surface area contributed by atoms with E-state index in [9.17, 15) is 4.79 Å². The number of hydrogen-bond donors (Lipinski definition) is 6. The Balaban J connectivity index is 0. The monoisotopic (exact) mass is 229 g/mol. The minimum absolute atomic E-state index is 0.190. The van der Waals surface area contributed by atoms with Crippen molar-refractivity contribution in [3.8, 4) is 0 Å². The van der Waals surface area contributed by atoms with E-state index in [4.69, 9.17) is 21.1 Å². The third-order valence-corrected chi connectivity index (χ3v) is 1.75. The van der Waals surface area contributed by atoms with Crippen LogP contribution in [0.2, 0.25) is 0 Å². The van der Waals surface area contributed by atoms with Gasteiger partial charge in [-0.3, -0.25) is 4.79 Å². The lowest BCUT2D eigenvalue weighted by atomic mass is 10.4. The van der Waals surface area contributed by atoms with Crippen LogP contribution in [0.4, 0.5) is 0 Å². The maximum absolute atomic E-state index is 9.76. The summed E-state index contributed by atoms with van der Waals surface area (Å²) in [4.78, 5) is 9.76. The summed E-state index contributed by atoms with van der Waals surface area (Å²) in [5, 5.41) is 24.4. The van der Waals surface area contributed by atoms with Gasteiger partial charge in [0.25, 0.3) is 0 Å². The second kappa shape index (κ2) is 10.1. The number of carbonyl (C=O) groups is 1. The lowest BCUT2D eigenvalue weighted by Crippen LogP contribution is -2.31. The molecule has 5 N–H and O–H groups in total. The number of thiol groups is 2. The Labute approximate surface area is 87.8 Å². The molecule has 0 radical (unpaired) electrons. The summed E-state index contributed by atoms with van der Waals surface area (Å²) in [5.41, 5.74) is 4.94. The van der Waals surface area contributed by atoms with Crippen molar-refractivity contribution in [1.29, 1.82) is 0 Å². The van der Waals surface area contributed by atoms with Crippen LogP contribution >= 0.6 is 25.3 Å². The predicted octanol–water partition coefficient (Wildman–Crippen LogP) is -1.40. The fourth-order valence-electron chi connectivity index (χ4n) is 0.136. The van der Waals surface area contributed by atoms with Crippen LogP contribution in [-0.4, -0.2) is 51.5 Å². The molecule has 2 atom stereocenters. The fourth-order valence-corrected chi connectivity index (χ4v) is 0.407. The normalized spacial score (nSPS) is 13.9. The summed E-state index contributed by atoms with van der Waals surface area (Å²) < 4.78 is 0. The molecule has 7 heteroatoms. The van der Waals surface area contributed by atoms with Crippen molar-refractivity contribution in [3.63, 3.8) is 0 Å². The summed E-state index contributed by atoms with van der Waals surface area (Å²) in [5.74, 6) is -0.485. The van der Waals surface area contributed by atoms with Gasteiger partial charge >= 0.3 is 5.97 Å². The van der Waals surface area contributed by atoms with Crippen LogP contribution in [-0.2, 0) is 4.79 Å². The molecular weight excluding hydrogens is 214 g/mol. The predicted molar refractivity (Wildman–Crippen MR) is 56.4 cm³/mol. The molecule has 0 aromatic heterocycles. The molecule has 0 aromatic carbocycles.